The molecule has 1 aromatic heterocycles. The van der Waals surface area contributed by atoms with Gasteiger partial charge in [0.05, 0.1) is 31.6 Å². The van der Waals surface area contributed by atoms with Crippen molar-refractivity contribution in [2.24, 2.45) is 5.92 Å². The molecular weight excluding hydrogens is 344 g/mol. The van der Waals surface area contributed by atoms with Gasteiger partial charge in [0.15, 0.2) is 0 Å². The van der Waals surface area contributed by atoms with Crippen LogP contribution in [0.1, 0.15) is 36.8 Å². The zero-order chi connectivity index (χ0) is 19.6. The van der Waals surface area contributed by atoms with Crippen LogP contribution in [0.5, 0.6) is 11.5 Å². The standard InChI is InChI=1S/C21H30N2O4/c1-13-19(25-4)7-6-17(20(13)26-5)21-22-18(15(3)27-21)12-23-10-8-16(9-11-23)14(2)24/h6-7,14,16,24H,8-12H2,1-5H3. The number of oxazole rings is 1. The van der Waals surface area contributed by atoms with Crippen LogP contribution >= 0.6 is 0 Å². The van der Waals surface area contributed by atoms with Gasteiger partial charge in [-0.25, -0.2) is 4.98 Å². The molecule has 27 heavy (non-hydrogen) atoms. The lowest BCUT2D eigenvalue weighted by Gasteiger charge is -2.32. The number of hydrogen-bond donors (Lipinski definition) is 1. The minimum atomic E-state index is -0.224. The number of hydrogen-bond acceptors (Lipinski definition) is 6. The van der Waals surface area contributed by atoms with Gasteiger partial charge in [-0.3, -0.25) is 4.90 Å². The summed E-state index contributed by atoms with van der Waals surface area (Å²) in [6, 6.07) is 3.83. The fourth-order valence-electron chi connectivity index (χ4n) is 3.82. The van der Waals surface area contributed by atoms with Gasteiger partial charge in [-0.15, -0.1) is 0 Å². The van der Waals surface area contributed by atoms with Gasteiger partial charge in [-0.05, 0) is 64.8 Å². The summed E-state index contributed by atoms with van der Waals surface area (Å²) < 4.78 is 16.9. The molecule has 1 unspecified atom stereocenters. The van der Waals surface area contributed by atoms with Gasteiger partial charge in [-0.2, -0.15) is 0 Å². The number of aromatic nitrogens is 1. The van der Waals surface area contributed by atoms with Gasteiger partial charge in [0, 0.05) is 12.1 Å². The second-order valence-electron chi connectivity index (χ2n) is 7.35. The number of aliphatic hydroxyl groups excluding tert-OH is 1. The number of benzene rings is 1. The fourth-order valence-corrected chi connectivity index (χ4v) is 3.82. The molecule has 1 aromatic carbocycles. The molecule has 6 nitrogen and oxygen atoms in total. The maximum Gasteiger partial charge on any atom is 0.230 e. The van der Waals surface area contributed by atoms with Crippen LogP contribution < -0.4 is 9.47 Å². The third-order valence-electron chi connectivity index (χ3n) is 5.59. The first-order valence-electron chi connectivity index (χ1n) is 9.53. The zero-order valence-electron chi connectivity index (χ0n) is 16.9. The Morgan fingerprint density at radius 1 is 1.22 bits per heavy atom. The average Bonchev–Trinajstić information content (AvgIpc) is 3.02. The normalized spacial score (nSPS) is 17.1. The number of methoxy groups -OCH3 is 2. The minimum absolute atomic E-state index is 0.224. The van der Waals surface area contributed by atoms with E-state index in [4.69, 9.17) is 18.9 Å². The number of aryl methyl sites for hydroxylation is 1. The van der Waals surface area contributed by atoms with E-state index in [1.165, 1.54) is 0 Å². The van der Waals surface area contributed by atoms with Gasteiger partial charge in [0.1, 0.15) is 17.3 Å². The van der Waals surface area contributed by atoms with Crippen molar-refractivity contribution in [3.05, 3.63) is 29.2 Å². The zero-order valence-corrected chi connectivity index (χ0v) is 16.9. The number of likely N-dealkylation sites (tertiary alicyclic amines) is 1. The first kappa shape index (κ1) is 19.7. The van der Waals surface area contributed by atoms with Crippen LogP contribution in [0.4, 0.5) is 0 Å². The summed E-state index contributed by atoms with van der Waals surface area (Å²) in [6.45, 7) is 8.52. The molecule has 1 aliphatic rings. The monoisotopic (exact) mass is 374 g/mol. The lowest BCUT2D eigenvalue weighted by Crippen LogP contribution is -2.36. The second kappa shape index (κ2) is 8.31. The lowest BCUT2D eigenvalue weighted by molar-refractivity contribution is 0.0690. The lowest BCUT2D eigenvalue weighted by atomic mass is 9.92. The van der Waals surface area contributed by atoms with Crippen LogP contribution in [0.15, 0.2) is 16.5 Å². The van der Waals surface area contributed by atoms with Crippen molar-refractivity contribution in [1.29, 1.82) is 0 Å². The van der Waals surface area contributed by atoms with E-state index in [9.17, 15) is 5.11 Å². The van der Waals surface area contributed by atoms with E-state index in [-0.39, 0.29) is 6.10 Å². The molecule has 3 rings (SSSR count). The summed E-state index contributed by atoms with van der Waals surface area (Å²) in [7, 11) is 3.30. The molecule has 0 saturated carbocycles. The molecule has 148 valence electrons. The first-order chi connectivity index (χ1) is 12.9. The highest BCUT2D eigenvalue weighted by atomic mass is 16.5. The molecule has 1 N–H and O–H groups in total. The summed E-state index contributed by atoms with van der Waals surface area (Å²) in [5.41, 5.74) is 2.71. The quantitative estimate of drug-likeness (QED) is 0.834. The Kier molecular flexibility index (Phi) is 6.07. The minimum Gasteiger partial charge on any atom is -0.496 e. The maximum absolute atomic E-state index is 9.77. The van der Waals surface area contributed by atoms with Gasteiger partial charge >= 0.3 is 0 Å². The highest BCUT2D eigenvalue weighted by molar-refractivity contribution is 5.68. The van der Waals surface area contributed by atoms with E-state index in [2.05, 4.69) is 4.90 Å². The highest BCUT2D eigenvalue weighted by Gasteiger charge is 2.25. The van der Waals surface area contributed by atoms with Crippen molar-refractivity contribution < 1.29 is 19.0 Å². The molecule has 0 amide bonds. The Hall–Kier alpha value is -2.05. The van der Waals surface area contributed by atoms with Crippen molar-refractivity contribution in [2.75, 3.05) is 27.3 Å². The van der Waals surface area contributed by atoms with E-state index in [1.54, 1.807) is 14.2 Å². The Morgan fingerprint density at radius 3 is 2.52 bits per heavy atom. The van der Waals surface area contributed by atoms with E-state index >= 15 is 0 Å². The van der Waals surface area contributed by atoms with Crippen molar-refractivity contribution in [3.8, 4) is 23.0 Å². The summed E-state index contributed by atoms with van der Waals surface area (Å²) >= 11 is 0. The second-order valence-corrected chi connectivity index (χ2v) is 7.35. The maximum atomic E-state index is 9.77. The van der Waals surface area contributed by atoms with Crippen LogP contribution in [-0.4, -0.2) is 48.4 Å². The van der Waals surface area contributed by atoms with Crippen molar-refractivity contribution in [2.45, 2.75) is 46.3 Å². The van der Waals surface area contributed by atoms with Gasteiger partial charge in [0.2, 0.25) is 5.89 Å². The smallest absolute Gasteiger partial charge is 0.230 e. The molecule has 0 bridgehead atoms. The van der Waals surface area contributed by atoms with E-state index in [1.807, 2.05) is 32.9 Å². The van der Waals surface area contributed by atoms with Crippen LogP contribution in [-0.2, 0) is 6.54 Å². The predicted molar refractivity (Wildman–Crippen MR) is 104 cm³/mol. The van der Waals surface area contributed by atoms with E-state index in [0.29, 0.717) is 11.8 Å². The average molecular weight is 374 g/mol. The van der Waals surface area contributed by atoms with Crippen molar-refractivity contribution in [1.82, 2.24) is 9.88 Å². The van der Waals surface area contributed by atoms with Gasteiger partial charge < -0.3 is 19.0 Å². The molecule has 0 spiro atoms. The molecule has 1 aliphatic heterocycles. The molecule has 0 aliphatic carbocycles. The molecule has 0 radical (unpaired) electrons. The number of nitrogens with zero attached hydrogens (tertiary/aromatic N) is 2. The molecule has 2 aromatic rings. The number of ether oxygens (including phenoxy) is 2. The third kappa shape index (κ3) is 4.12. The Labute approximate surface area is 161 Å². The first-order valence-corrected chi connectivity index (χ1v) is 9.53. The molecular formula is C21H30N2O4. The topological polar surface area (TPSA) is 68.0 Å². The summed E-state index contributed by atoms with van der Waals surface area (Å²) in [6.07, 6.45) is 1.82. The van der Waals surface area contributed by atoms with Crippen molar-refractivity contribution in [3.63, 3.8) is 0 Å². The number of piperidine rings is 1. The summed E-state index contributed by atoms with van der Waals surface area (Å²) in [5.74, 6) is 3.31. The van der Waals surface area contributed by atoms with Gasteiger partial charge in [0.25, 0.3) is 0 Å². The Balaban J connectivity index is 1.79. The molecule has 1 fully saturated rings. The Bertz CT molecular complexity index is 777. The van der Waals surface area contributed by atoms with Gasteiger partial charge in [-0.1, -0.05) is 0 Å². The van der Waals surface area contributed by atoms with E-state index in [0.717, 1.165) is 66.6 Å². The SMILES string of the molecule is COc1ccc(-c2nc(CN3CCC(C(C)O)CC3)c(C)o2)c(OC)c1C. The molecule has 6 heteroatoms. The molecule has 1 saturated heterocycles. The van der Waals surface area contributed by atoms with Crippen LogP contribution in [0.2, 0.25) is 0 Å². The summed E-state index contributed by atoms with van der Waals surface area (Å²) in [5, 5.41) is 9.77. The molecule has 2 heterocycles. The van der Waals surface area contributed by atoms with E-state index < -0.39 is 0 Å². The highest BCUT2D eigenvalue weighted by Crippen LogP contribution is 2.38. The Morgan fingerprint density at radius 2 is 1.93 bits per heavy atom. The largest absolute Gasteiger partial charge is 0.496 e. The fraction of sp³-hybridized carbons (Fsp3) is 0.571. The molecule has 1 atom stereocenters. The number of rotatable bonds is 6. The third-order valence-corrected chi connectivity index (χ3v) is 5.59. The van der Waals surface area contributed by atoms with Crippen LogP contribution in [0.3, 0.4) is 0 Å². The van der Waals surface area contributed by atoms with Crippen molar-refractivity contribution >= 4 is 0 Å². The van der Waals surface area contributed by atoms with Crippen LogP contribution in [0.25, 0.3) is 11.5 Å². The predicted octanol–water partition coefficient (Wildman–Crippen LogP) is 3.57. The number of aliphatic hydroxyl groups is 1. The summed E-state index contributed by atoms with van der Waals surface area (Å²) in [4.78, 5) is 7.13. The van der Waals surface area contributed by atoms with Crippen LogP contribution in [0, 0.1) is 19.8 Å².